The fourth-order valence-corrected chi connectivity index (χ4v) is 3.93. The Bertz CT molecular complexity index is 1140. The Hall–Kier alpha value is -2.94. The van der Waals surface area contributed by atoms with Gasteiger partial charge in [-0.3, -0.25) is 14.6 Å². The van der Waals surface area contributed by atoms with Gasteiger partial charge in [0.15, 0.2) is 5.65 Å². The van der Waals surface area contributed by atoms with E-state index in [-0.39, 0.29) is 18.5 Å². The number of imidazole rings is 1. The summed E-state index contributed by atoms with van der Waals surface area (Å²) in [7, 11) is 1.51. The van der Waals surface area contributed by atoms with Crippen molar-refractivity contribution in [2.45, 2.75) is 25.3 Å². The number of aromatic nitrogens is 3. The van der Waals surface area contributed by atoms with Gasteiger partial charge in [-0.25, -0.2) is 14.8 Å². The quantitative estimate of drug-likeness (QED) is 0.471. The van der Waals surface area contributed by atoms with Gasteiger partial charge in [-0.1, -0.05) is 0 Å². The molecule has 29 heavy (non-hydrogen) atoms. The minimum atomic E-state index is -0.311. The third-order valence-corrected chi connectivity index (χ3v) is 5.76. The molecule has 1 saturated carbocycles. The van der Waals surface area contributed by atoms with Crippen LogP contribution in [0.25, 0.3) is 5.65 Å². The van der Waals surface area contributed by atoms with Gasteiger partial charge in [0.2, 0.25) is 5.91 Å². The van der Waals surface area contributed by atoms with Gasteiger partial charge in [-0.05, 0) is 58.5 Å². The number of amides is 3. The number of urea groups is 1. The first-order chi connectivity index (χ1) is 14.0. The van der Waals surface area contributed by atoms with E-state index in [0.717, 1.165) is 33.7 Å². The van der Waals surface area contributed by atoms with Crippen LogP contribution in [0.15, 0.2) is 41.4 Å². The Labute approximate surface area is 175 Å². The molecule has 0 radical (unpaired) electrons. The van der Waals surface area contributed by atoms with E-state index in [2.05, 4.69) is 32.4 Å². The summed E-state index contributed by atoms with van der Waals surface area (Å²) in [4.78, 5) is 36.2. The molecule has 0 bridgehead atoms. The van der Waals surface area contributed by atoms with Crippen molar-refractivity contribution >= 4 is 44.9 Å². The van der Waals surface area contributed by atoms with Gasteiger partial charge >= 0.3 is 6.03 Å². The van der Waals surface area contributed by atoms with Crippen LogP contribution in [-0.4, -0.2) is 44.8 Å². The van der Waals surface area contributed by atoms with Gasteiger partial charge in [-0.2, -0.15) is 0 Å². The number of carbonyl (C=O) groups excluding carboxylic acids is 2. The molecule has 3 aromatic heterocycles. The average Bonchev–Trinajstić information content (AvgIpc) is 3.42. The van der Waals surface area contributed by atoms with Gasteiger partial charge in [-0.15, -0.1) is 0 Å². The van der Waals surface area contributed by atoms with Gasteiger partial charge in [0.05, 0.1) is 17.9 Å². The van der Waals surface area contributed by atoms with Crippen molar-refractivity contribution in [3.05, 3.63) is 52.7 Å². The molecular formula is C20H19BrN6O2. The van der Waals surface area contributed by atoms with E-state index in [1.165, 1.54) is 17.5 Å². The Morgan fingerprint density at radius 1 is 1.24 bits per heavy atom. The molecular weight excluding hydrogens is 436 g/mol. The molecule has 9 heteroatoms. The van der Waals surface area contributed by atoms with E-state index in [1.807, 2.05) is 28.8 Å². The molecule has 1 aliphatic heterocycles. The summed E-state index contributed by atoms with van der Waals surface area (Å²) in [5, 5.41) is 3.34. The Kier molecular flexibility index (Phi) is 4.27. The lowest BCUT2D eigenvalue weighted by molar-refractivity contribution is -0.123. The molecule has 0 aromatic carbocycles. The number of likely N-dealkylation sites (N-methyl/N-ethyl adjacent to an activating group) is 1. The van der Waals surface area contributed by atoms with Crippen molar-refractivity contribution in [1.82, 2.24) is 19.3 Å². The molecule has 8 nitrogen and oxygen atoms in total. The summed E-state index contributed by atoms with van der Waals surface area (Å²) in [6.07, 6.45) is 8.08. The van der Waals surface area contributed by atoms with Gasteiger partial charge in [0.1, 0.15) is 11.1 Å². The van der Waals surface area contributed by atoms with E-state index < -0.39 is 0 Å². The number of anilines is 2. The van der Waals surface area contributed by atoms with Crippen LogP contribution in [0.4, 0.5) is 16.2 Å². The minimum absolute atomic E-state index is 0.0462. The number of imide groups is 1. The lowest BCUT2D eigenvalue weighted by Crippen LogP contribution is -2.30. The Morgan fingerprint density at radius 2 is 2.07 bits per heavy atom. The molecule has 1 saturated heterocycles. The first-order valence-corrected chi connectivity index (χ1v) is 10.2. The number of hydrogen-bond donors (Lipinski definition) is 1. The highest BCUT2D eigenvalue weighted by atomic mass is 79.9. The van der Waals surface area contributed by atoms with Crippen molar-refractivity contribution in [3.8, 4) is 0 Å². The van der Waals surface area contributed by atoms with Crippen LogP contribution in [0, 0.1) is 0 Å². The maximum absolute atomic E-state index is 12.6. The zero-order valence-electron chi connectivity index (χ0n) is 15.8. The van der Waals surface area contributed by atoms with E-state index >= 15 is 0 Å². The van der Waals surface area contributed by atoms with E-state index in [4.69, 9.17) is 4.98 Å². The summed E-state index contributed by atoms with van der Waals surface area (Å²) in [6.45, 7) is 0.577. The highest BCUT2D eigenvalue weighted by molar-refractivity contribution is 9.10. The second-order valence-electron chi connectivity index (χ2n) is 7.44. The standard InChI is InChI=1S/C20H19BrN6O2/c1-25-18(28)11-27(20(25)29)16-6-13(12-2-3-12)9-26-10-15(24-19(16)26)8-23-14-4-5-22-17(21)7-14/h4-7,9-10,12H,2-3,8,11H2,1H3,(H,22,23). The number of carbonyl (C=O) groups is 2. The first-order valence-electron chi connectivity index (χ1n) is 9.44. The summed E-state index contributed by atoms with van der Waals surface area (Å²) >= 11 is 3.37. The van der Waals surface area contributed by atoms with Crippen molar-refractivity contribution in [2.24, 2.45) is 0 Å². The largest absolute Gasteiger partial charge is 0.379 e. The number of nitrogens with zero attached hydrogens (tertiary/aromatic N) is 5. The SMILES string of the molecule is CN1C(=O)CN(c2cc(C3CC3)cn3cc(CNc4ccnc(Br)c4)nc23)C1=O. The predicted molar refractivity (Wildman–Crippen MR) is 112 cm³/mol. The molecule has 2 fully saturated rings. The number of fused-ring (bicyclic) bond motifs is 1. The fourth-order valence-electron chi connectivity index (χ4n) is 3.57. The van der Waals surface area contributed by atoms with E-state index in [9.17, 15) is 9.59 Å². The molecule has 3 amide bonds. The molecule has 0 spiro atoms. The number of nitrogens with one attached hydrogen (secondary N) is 1. The summed E-state index contributed by atoms with van der Waals surface area (Å²) < 4.78 is 2.73. The highest BCUT2D eigenvalue weighted by Crippen LogP contribution is 2.42. The van der Waals surface area contributed by atoms with Crippen LogP contribution in [0.2, 0.25) is 0 Å². The molecule has 148 valence electrons. The smallest absolute Gasteiger partial charge is 0.331 e. The number of hydrogen-bond acceptors (Lipinski definition) is 5. The zero-order valence-corrected chi connectivity index (χ0v) is 17.4. The molecule has 2 aliphatic rings. The first kappa shape index (κ1) is 18.1. The van der Waals surface area contributed by atoms with Gasteiger partial charge in [0, 0.05) is 31.3 Å². The topological polar surface area (TPSA) is 82.8 Å². The lowest BCUT2D eigenvalue weighted by Gasteiger charge is -2.17. The number of halogens is 1. The molecule has 0 atom stereocenters. The van der Waals surface area contributed by atoms with Crippen LogP contribution in [0.1, 0.15) is 30.0 Å². The Morgan fingerprint density at radius 3 is 2.76 bits per heavy atom. The third kappa shape index (κ3) is 3.35. The normalized spacial score (nSPS) is 16.9. The number of pyridine rings is 2. The second kappa shape index (κ2) is 6.84. The van der Waals surface area contributed by atoms with E-state index in [1.54, 1.807) is 6.20 Å². The maximum atomic E-state index is 12.6. The van der Waals surface area contributed by atoms with Gasteiger partial charge < -0.3 is 9.72 Å². The highest BCUT2D eigenvalue weighted by Gasteiger charge is 2.36. The lowest BCUT2D eigenvalue weighted by atomic mass is 10.1. The fraction of sp³-hybridized carbons (Fsp3) is 0.300. The number of rotatable bonds is 5. The van der Waals surface area contributed by atoms with Crippen LogP contribution in [0.3, 0.4) is 0 Å². The molecule has 1 aliphatic carbocycles. The van der Waals surface area contributed by atoms with Gasteiger partial charge in [0.25, 0.3) is 0 Å². The molecule has 3 aromatic rings. The van der Waals surface area contributed by atoms with Crippen LogP contribution in [-0.2, 0) is 11.3 Å². The monoisotopic (exact) mass is 454 g/mol. The average molecular weight is 455 g/mol. The van der Waals surface area contributed by atoms with Crippen molar-refractivity contribution in [3.63, 3.8) is 0 Å². The summed E-state index contributed by atoms with van der Waals surface area (Å²) in [5.41, 5.74) is 4.33. The van der Waals surface area contributed by atoms with Crippen molar-refractivity contribution in [1.29, 1.82) is 0 Å². The van der Waals surface area contributed by atoms with Crippen LogP contribution in [0.5, 0.6) is 0 Å². The van der Waals surface area contributed by atoms with E-state index in [0.29, 0.717) is 23.8 Å². The minimum Gasteiger partial charge on any atom is -0.379 e. The van der Waals surface area contributed by atoms with Crippen molar-refractivity contribution < 1.29 is 9.59 Å². The van der Waals surface area contributed by atoms with Crippen LogP contribution < -0.4 is 10.2 Å². The van der Waals surface area contributed by atoms with Crippen molar-refractivity contribution in [2.75, 3.05) is 23.8 Å². The maximum Gasteiger partial charge on any atom is 0.331 e. The Balaban J connectivity index is 1.50. The molecule has 5 rings (SSSR count). The molecule has 4 heterocycles. The predicted octanol–water partition coefficient (Wildman–Crippen LogP) is 3.38. The third-order valence-electron chi connectivity index (χ3n) is 5.33. The molecule has 0 unspecified atom stereocenters. The summed E-state index contributed by atoms with van der Waals surface area (Å²) in [5.74, 6) is 0.309. The second-order valence-corrected chi connectivity index (χ2v) is 8.25. The van der Waals surface area contributed by atoms with Crippen LogP contribution >= 0.6 is 15.9 Å². The zero-order chi connectivity index (χ0) is 20.1. The summed E-state index contributed by atoms with van der Waals surface area (Å²) in [6, 6.07) is 5.49. The molecule has 1 N–H and O–H groups in total.